The number of hydrogen-bond donors (Lipinski definition) is 2. The van der Waals surface area contributed by atoms with E-state index in [-0.39, 0.29) is 23.4 Å². The normalized spacial score (nSPS) is 13.3. The molecule has 178 valence electrons. The number of aromatic carboxylic acids is 1. The van der Waals surface area contributed by atoms with Crippen LogP contribution in [-0.2, 0) is 11.2 Å². The Balaban J connectivity index is 1.98. The fourth-order valence-corrected chi connectivity index (χ4v) is 4.60. The number of benzene rings is 2. The van der Waals surface area contributed by atoms with Crippen LogP contribution >= 0.6 is 11.3 Å². The van der Waals surface area contributed by atoms with Gasteiger partial charge in [-0.3, -0.25) is 0 Å². The minimum absolute atomic E-state index is 0.194. The van der Waals surface area contributed by atoms with Gasteiger partial charge in [-0.05, 0) is 42.7 Å². The van der Waals surface area contributed by atoms with E-state index in [4.69, 9.17) is 14.2 Å². The molecule has 1 heterocycles. The lowest BCUT2D eigenvalue weighted by Crippen LogP contribution is -2.26. The maximum atomic E-state index is 13.9. The topological polar surface area (TPSA) is 98.1 Å². The number of carboxylic acid groups (broad SMARTS) is 1. The predicted molar refractivity (Wildman–Crippen MR) is 124 cm³/mol. The second kappa shape index (κ2) is 10.5. The average molecular weight is 478 g/mol. The summed E-state index contributed by atoms with van der Waals surface area (Å²) in [5.41, 5.74) is 1.40. The van der Waals surface area contributed by atoms with E-state index in [1.807, 2.05) is 20.8 Å². The summed E-state index contributed by atoms with van der Waals surface area (Å²) in [7, 11) is 3.09. The van der Waals surface area contributed by atoms with Gasteiger partial charge in [-0.15, -0.1) is 11.3 Å². The van der Waals surface area contributed by atoms with Crippen LogP contribution in [0.5, 0.6) is 11.5 Å². The number of halogens is 1. The van der Waals surface area contributed by atoms with Crippen molar-refractivity contribution in [3.05, 3.63) is 51.8 Å². The van der Waals surface area contributed by atoms with Gasteiger partial charge in [-0.2, -0.15) is 0 Å². The number of aliphatic hydroxyl groups excluding tert-OH is 1. The lowest BCUT2D eigenvalue weighted by molar-refractivity contribution is -0.0472. The molecule has 3 rings (SSSR count). The van der Waals surface area contributed by atoms with Gasteiger partial charge < -0.3 is 24.4 Å². The molecule has 2 N–H and O–H groups in total. The van der Waals surface area contributed by atoms with Crippen LogP contribution in [0.1, 0.15) is 46.4 Å². The second-order valence-electron chi connectivity index (χ2n) is 8.18. The molecule has 0 saturated heterocycles. The number of rotatable bonds is 10. The number of aromatic nitrogens is 1. The second-order valence-corrected chi connectivity index (χ2v) is 9.29. The highest BCUT2D eigenvalue weighted by atomic mass is 32.1. The molecule has 0 amide bonds. The van der Waals surface area contributed by atoms with E-state index < -0.39 is 24.0 Å². The van der Waals surface area contributed by atoms with Crippen LogP contribution in [0, 0.1) is 18.7 Å². The molecule has 0 aliphatic heterocycles. The third-order valence-electron chi connectivity index (χ3n) is 5.22. The van der Waals surface area contributed by atoms with E-state index in [0.29, 0.717) is 33.4 Å². The number of nitrogens with zero attached hydrogens (tertiary/aromatic N) is 1. The molecule has 0 radical (unpaired) electrons. The standard InChI is InChI=1S/C24H28FNO6S/c1-12(2)11-32-19(23(27)14-6-17(30-4)13(3)18(7-14)31-5)10-21-26-22-16(24(28)29)8-15(25)9-20(22)33-21/h6-9,12,19,23,27H,10-11H2,1-5H3,(H,28,29). The van der Waals surface area contributed by atoms with Crippen LogP contribution in [0.4, 0.5) is 4.39 Å². The molecule has 33 heavy (non-hydrogen) atoms. The lowest BCUT2D eigenvalue weighted by Gasteiger charge is -2.25. The molecule has 3 aromatic rings. The van der Waals surface area contributed by atoms with E-state index in [9.17, 15) is 19.4 Å². The number of carbonyl (C=O) groups is 1. The molecule has 2 atom stereocenters. The van der Waals surface area contributed by atoms with Gasteiger partial charge in [-0.1, -0.05) is 13.8 Å². The minimum Gasteiger partial charge on any atom is -0.496 e. The van der Waals surface area contributed by atoms with Crippen LogP contribution in [0.25, 0.3) is 10.2 Å². The number of hydrogen-bond acceptors (Lipinski definition) is 7. The van der Waals surface area contributed by atoms with Crippen molar-refractivity contribution < 1.29 is 33.6 Å². The zero-order chi connectivity index (χ0) is 24.3. The summed E-state index contributed by atoms with van der Waals surface area (Å²) in [5, 5.41) is 21.2. The van der Waals surface area contributed by atoms with Crippen molar-refractivity contribution >= 4 is 27.5 Å². The summed E-state index contributed by atoms with van der Waals surface area (Å²) in [5.74, 6) is -0.505. The van der Waals surface area contributed by atoms with Crippen molar-refractivity contribution in [1.82, 2.24) is 4.98 Å². The van der Waals surface area contributed by atoms with Crippen molar-refractivity contribution in [2.24, 2.45) is 5.92 Å². The van der Waals surface area contributed by atoms with Gasteiger partial charge >= 0.3 is 5.97 Å². The molecule has 0 fully saturated rings. The summed E-state index contributed by atoms with van der Waals surface area (Å²) < 4.78 is 31.2. The molecule has 0 spiro atoms. The first-order valence-corrected chi connectivity index (χ1v) is 11.3. The summed E-state index contributed by atoms with van der Waals surface area (Å²) in [6, 6.07) is 5.70. The lowest BCUT2D eigenvalue weighted by atomic mass is 9.99. The third kappa shape index (κ3) is 5.61. The molecule has 0 bridgehead atoms. The fourth-order valence-electron chi connectivity index (χ4n) is 3.53. The predicted octanol–water partition coefficient (Wildman–Crippen LogP) is 4.78. The van der Waals surface area contributed by atoms with E-state index in [1.54, 1.807) is 26.4 Å². The van der Waals surface area contributed by atoms with Gasteiger partial charge in [0.25, 0.3) is 0 Å². The molecule has 0 saturated carbocycles. The largest absolute Gasteiger partial charge is 0.496 e. The average Bonchev–Trinajstić information content (AvgIpc) is 3.17. The van der Waals surface area contributed by atoms with E-state index in [2.05, 4.69) is 4.98 Å². The molecule has 7 nitrogen and oxygen atoms in total. The van der Waals surface area contributed by atoms with E-state index in [1.165, 1.54) is 17.4 Å². The van der Waals surface area contributed by atoms with Crippen LogP contribution < -0.4 is 9.47 Å². The molecule has 2 unspecified atom stereocenters. The van der Waals surface area contributed by atoms with Crippen molar-refractivity contribution in [3.63, 3.8) is 0 Å². The van der Waals surface area contributed by atoms with E-state index in [0.717, 1.165) is 11.6 Å². The Bertz CT molecular complexity index is 1120. The SMILES string of the molecule is COc1cc(C(O)C(Cc2nc3c(C(=O)O)cc(F)cc3s2)OCC(C)C)cc(OC)c1C. The van der Waals surface area contributed by atoms with Gasteiger partial charge in [0.15, 0.2) is 0 Å². The number of fused-ring (bicyclic) bond motifs is 1. The molecular weight excluding hydrogens is 449 g/mol. The van der Waals surface area contributed by atoms with Gasteiger partial charge in [-0.25, -0.2) is 14.2 Å². The van der Waals surface area contributed by atoms with Crippen molar-refractivity contribution in [2.75, 3.05) is 20.8 Å². The zero-order valence-electron chi connectivity index (χ0n) is 19.2. The summed E-state index contributed by atoms with van der Waals surface area (Å²) in [6.45, 7) is 6.27. The smallest absolute Gasteiger partial charge is 0.338 e. The first kappa shape index (κ1) is 24.9. The van der Waals surface area contributed by atoms with E-state index >= 15 is 0 Å². The highest BCUT2D eigenvalue weighted by Gasteiger charge is 2.27. The van der Waals surface area contributed by atoms with Crippen molar-refractivity contribution in [2.45, 2.75) is 39.4 Å². The Morgan fingerprint density at radius 2 is 1.79 bits per heavy atom. The van der Waals surface area contributed by atoms with Gasteiger partial charge in [0.05, 0.1) is 41.1 Å². The van der Waals surface area contributed by atoms with Crippen LogP contribution in [0.2, 0.25) is 0 Å². The van der Waals surface area contributed by atoms with Crippen LogP contribution in [0.3, 0.4) is 0 Å². The van der Waals surface area contributed by atoms with Crippen molar-refractivity contribution in [1.29, 1.82) is 0 Å². The van der Waals surface area contributed by atoms with Gasteiger partial charge in [0.1, 0.15) is 23.4 Å². The quantitative estimate of drug-likeness (QED) is 0.434. The molecular formula is C24H28FNO6S. The number of ether oxygens (including phenoxy) is 3. The summed E-state index contributed by atoms with van der Waals surface area (Å²) in [4.78, 5) is 16.0. The number of carboxylic acids is 1. The fraction of sp³-hybridized carbons (Fsp3) is 0.417. The Morgan fingerprint density at radius 1 is 1.15 bits per heavy atom. The first-order valence-electron chi connectivity index (χ1n) is 10.5. The summed E-state index contributed by atoms with van der Waals surface area (Å²) >= 11 is 1.18. The number of thiazole rings is 1. The Hall–Kier alpha value is -2.75. The van der Waals surface area contributed by atoms with Crippen LogP contribution in [-0.4, -0.2) is 48.1 Å². The molecule has 1 aromatic heterocycles. The zero-order valence-corrected chi connectivity index (χ0v) is 20.0. The monoisotopic (exact) mass is 477 g/mol. The van der Waals surface area contributed by atoms with Gasteiger partial charge in [0, 0.05) is 18.6 Å². The Kier molecular flexibility index (Phi) is 7.88. The first-order chi connectivity index (χ1) is 15.6. The maximum Gasteiger partial charge on any atom is 0.338 e. The third-order valence-corrected chi connectivity index (χ3v) is 6.25. The molecule has 0 aliphatic rings. The van der Waals surface area contributed by atoms with Crippen molar-refractivity contribution in [3.8, 4) is 11.5 Å². The molecule has 0 aliphatic carbocycles. The van der Waals surface area contributed by atoms with Crippen LogP contribution in [0.15, 0.2) is 24.3 Å². The Morgan fingerprint density at radius 3 is 2.33 bits per heavy atom. The highest BCUT2D eigenvalue weighted by Crippen LogP contribution is 2.35. The maximum absolute atomic E-state index is 13.9. The minimum atomic E-state index is -1.25. The number of methoxy groups -OCH3 is 2. The van der Waals surface area contributed by atoms with Gasteiger partial charge in [0.2, 0.25) is 0 Å². The summed E-state index contributed by atoms with van der Waals surface area (Å²) in [6.07, 6.45) is -1.50. The molecule has 2 aromatic carbocycles. The highest BCUT2D eigenvalue weighted by molar-refractivity contribution is 7.18. The Labute approximate surface area is 195 Å². The number of aliphatic hydroxyl groups is 1. The molecule has 9 heteroatoms.